The van der Waals surface area contributed by atoms with E-state index in [1.165, 1.54) is 11.9 Å². The Bertz CT molecular complexity index is 587. The Kier molecular flexibility index (Phi) is 5.46. The summed E-state index contributed by atoms with van der Waals surface area (Å²) in [6.07, 6.45) is 2.19. The van der Waals surface area contributed by atoms with E-state index < -0.39 is 29.5 Å². The summed E-state index contributed by atoms with van der Waals surface area (Å²) in [5, 5.41) is 5.28. The predicted octanol–water partition coefficient (Wildman–Crippen LogP) is 1.91. The van der Waals surface area contributed by atoms with Gasteiger partial charge in [-0.15, -0.1) is 0 Å². The van der Waals surface area contributed by atoms with Gasteiger partial charge in [0.1, 0.15) is 6.04 Å². The van der Waals surface area contributed by atoms with E-state index >= 15 is 0 Å². The van der Waals surface area contributed by atoms with E-state index in [-0.39, 0.29) is 18.0 Å². The van der Waals surface area contributed by atoms with Gasteiger partial charge in [-0.3, -0.25) is 4.79 Å². The van der Waals surface area contributed by atoms with Crippen LogP contribution in [-0.2, 0) is 11.3 Å². The SMILES string of the molecule is CN(Cc1cc(F)c(F)c(F)c1)C(=O)NC1CCCCNC1=O. The summed E-state index contributed by atoms with van der Waals surface area (Å²) >= 11 is 0. The lowest BCUT2D eigenvalue weighted by molar-refractivity contribution is -0.122. The van der Waals surface area contributed by atoms with Crippen LogP contribution in [0.2, 0.25) is 0 Å². The largest absolute Gasteiger partial charge is 0.354 e. The molecule has 126 valence electrons. The number of amides is 3. The van der Waals surface area contributed by atoms with Crippen molar-refractivity contribution in [1.82, 2.24) is 15.5 Å². The van der Waals surface area contributed by atoms with Gasteiger partial charge in [0.2, 0.25) is 5.91 Å². The number of benzene rings is 1. The smallest absolute Gasteiger partial charge is 0.318 e. The van der Waals surface area contributed by atoms with Crippen LogP contribution in [0, 0.1) is 17.5 Å². The summed E-state index contributed by atoms with van der Waals surface area (Å²) < 4.78 is 39.3. The lowest BCUT2D eigenvalue weighted by Crippen LogP contribution is -2.49. The average molecular weight is 329 g/mol. The first-order valence-corrected chi connectivity index (χ1v) is 7.31. The summed E-state index contributed by atoms with van der Waals surface area (Å²) in [7, 11) is 1.42. The molecule has 8 heteroatoms. The molecule has 1 aliphatic heterocycles. The molecule has 1 aromatic rings. The Labute approximate surface area is 131 Å². The Morgan fingerprint density at radius 2 is 1.96 bits per heavy atom. The fourth-order valence-electron chi connectivity index (χ4n) is 2.38. The summed E-state index contributed by atoms with van der Waals surface area (Å²) in [6, 6.07) is 0.493. The van der Waals surface area contributed by atoms with E-state index in [1.54, 1.807) is 0 Å². The molecule has 23 heavy (non-hydrogen) atoms. The minimum atomic E-state index is -1.55. The number of nitrogens with zero attached hydrogens (tertiary/aromatic N) is 1. The predicted molar refractivity (Wildman–Crippen MR) is 77.0 cm³/mol. The fourth-order valence-corrected chi connectivity index (χ4v) is 2.38. The molecule has 1 saturated heterocycles. The normalized spacial score (nSPS) is 18.1. The zero-order valence-electron chi connectivity index (χ0n) is 12.7. The van der Waals surface area contributed by atoms with E-state index in [0.29, 0.717) is 13.0 Å². The van der Waals surface area contributed by atoms with E-state index in [2.05, 4.69) is 10.6 Å². The molecule has 0 aliphatic carbocycles. The number of hydrogen-bond donors (Lipinski definition) is 2. The van der Waals surface area contributed by atoms with Crippen molar-refractivity contribution < 1.29 is 22.8 Å². The van der Waals surface area contributed by atoms with Crippen LogP contribution in [0.15, 0.2) is 12.1 Å². The molecule has 5 nitrogen and oxygen atoms in total. The van der Waals surface area contributed by atoms with Gasteiger partial charge < -0.3 is 15.5 Å². The number of urea groups is 1. The zero-order valence-corrected chi connectivity index (χ0v) is 12.7. The standard InChI is InChI=1S/C15H18F3N3O2/c1-21(8-9-6-10(16)13(18)11(17)7-9)15(23)20-12-4-2-3-5-19-14(12)22/h6-7,12H,2-5,8H2,1H3,(H,19,22)(H,20,23). The Balaban J connectivity index is 1.98. The molecule has 0 spiro atoms. The number of carbonyl (C=O) groups excluding carboxylic acids is 2. The molecule has 1 aromatic carbocycles. The third-order valence-electron chi connectivity index (χ3n) is 3.64. The zero-order chi connectivity index (χ0) is 17.0. The Morgan fingerprint density at radius 3 is 2.61 bits per heavy atom. The van der Waals surface area contributed by atoms with Gasteiger partial charge in [0.15, 0.2) is 17.5 Å². The molecule has 1 atom stereocenters. The van der Waals surface area contributed by atoms with Crippen molar-refractivity contribution in [3.63, 3.8) is 0 Å². The molecule has 2 N–H and O–H groups in total. The van der Waals surface area contributed by atoms with Crippen LogP contribution in [-0.4, -0.2) is 36.5 Å². The van der Waals surface area contributed by atoms with Crippen LogP contribution >= 0.6 is 0 Å². The molecule has 0 aromatic heterocycles. The Morgan fingerprint density at radius 1 is 1.30 bits per heavy atom. The summed E-state index contributed by atoms with van der Waals surface area (Å²) in [6.45, 7) is 0.462. The van der Waals surface area contributed by atoms with Gasteiger partial charge in [-0.25, -0.2) is 18.0 Å². The molecular weight excluding hydrogens is 311 g/mol. The average Bonchev–Trinajstić information content (AvgIpc) is 2.69. The molecule has 0 radical (unpaired) electrons. The lowest BCUT2D eigenvalue weighted by atomic mass is 10.1. The second kappa shape index (κ2) is 7.34. The van der Waals surface area contributed by atoms with Crippen molar-refractivity contribution in [3.8, 4) is 0 Å². The lowest BCUT2D eigenvalue weighted by Gasteiger charge is -2.22. The molecule has 1 unspecified atom stereocenters. The van der Waals surface area contributed by atoms with E-state index in [0.717, 1.165) is 25.0 Å². The molecule has 1 fully saturated rings. The number of halogens is 3. The second-order valence-corrected chi connectivity index (χ2v) is 5.52. The first-order valence-electron chi connectivity index (χ1n) is 7.31. The highest BCUT2D eigenvalue weighted by Gasteiger charge is 2.24. The highest BCUT2D eigenvalue weighted by Crippen LogP contribution is 2.15. The molecule has 2 rings (SSSR count). The van der Waals surface area contributed by atoms with Gasteiger partial charge in [0, 0.05) is 20.1 Å². The monoisotopic (exact) mass is 329 g/mol. The quantitative estimate of drug-likeness (QED) is 0.832. The maximum absolute atomic E-state index is 13.2. The third-order valence-corrected chi connectivity index (χ3v) is 3.64. The van der Waals surface area contributed by atoms with Gasteiger partial charge in [0.25, 0.3) is 0 Å². The number of rotatable bonds is 3. The molecule has 0 saturated carbocycles. The van der Waals surface area contributed by atoms with Crippen LogP contribution in [0.25, 0.3) is 0 Å². The van der Waals surface area contributed by atoms with Gasteiger partial charge in [-0.1, -0.05) is 0 Å². The van der Waals surface area contributed by atoms with Crippen molar-refractivity contribution in [2.45, 2.75) is 31.8 Å². The molecule has 0 bridgehead atoms. The van der Waals surface area contributed by atoms with E-state index in [9.17, 15) is 22.8 Å². The van der Waals surface area contributed by atoms with Crippen molar-refractivity contribution in [1.29, 1.82) is 0 Å². The van der Waals surface area contributed by atoms with Crippen LogP contribution in [0.4, 0.5) is 18.0 Å². The number of carbonyl (C=O) groups is 2. The van der Waals surface area contributed by atoms with Crippen LogP contribution in [0.3, 0.4) is 0 Å². The first-order chi connectivity index (χ1) is 10.9. The number of hydrogen-bond acceptors (Lipinski definition) is 2. The van der Waals surface area contributed by atoms with Gasteiger partial charge in [0.05, 0.1) is 0 Å². The van der Waals surface area contributed by atoms with Gasteiger partial charge in [-0.2, -0.15) is 0 Å². The van der Waals surface area contributed by atoms with Crippen LogP contribution in [0.5, 0.6) is 0 Å². The fraction of sp³-hybridized carbons (Fsp3) is 0.467. The van der Waals surface area contributed by atoms with Crippen molar-refractivity contribution in [2.75, 3.05) is 13.6 Å². The van der Waals surface area contributed by atoms with Gasteiger partial charge in [-0.05, 0) is 37.0 Å². The molecule has 3 amide bonds. The molecule has 1 heterocycles. The molecular formula is C15H18F3N3O2. The first kappa shape index (κ1) is 17.1. The van der Waals surface area contributed by atoms with Crippen molar-refractivity contribution >= 4 is 11.9 Å². The van der Waals surface area contributed by atoms with Crippen molar-refractivity contribution in [2.24, 2.45) is 0 Å². The number of nitrogens with one attached hydrogen (secondary N) is 2. The highest BCUT2D eigenvalue weighted by molar-refractivity contribution is 5.87. The van der Waals surface area contributed by atoms with E-state index in [4.69, 9.17) is 0 Å². The molecule has 1 aliphatic rings. The Hall–Kier alpha value is -2.25. The summed E-state index contributed by atoms with van der Waals surface area (Å²) in [5.74, 6) is -4.41. The van der Waals surface area contributed by atoms with Crippen LogP contribution in [0.1, 0.15) is 24.8 Å². The summed E-state index contributed by atoms with van der Waals surface area (Å²) in [4.78, 5) is 25.0. The maximum Gasteiger partial charge on any atom is 0.318 e. The van der Waals surface area contributed by atoms with Crippen molar-refractivity contribution in [3.05, 3.63) is 35.1 Å². The topological polar surface area (TPSA) is 61.4 Å². The minimum Gasteiger partial charge on any atom is -0.354 e. The highest BCUT2D eigenvalue weighted by atomic mass is 19.2. The van der Waals surface area contributed by atoms with Crippen LogP contribution < -0.4 is 10.6 Å². The second-order valence-electron chi connectivity index (χ2n) is 5.52. The van der Waals surface area contributed by atoms with Gasteiger partial charge >= 0.3 is 6.03 Å². The third kappa shape index (κ3) is 4.37. The maximum atomic E-state index is 13.2. The van der Waals surface area contributed by atoms with E-state index in [1.807, 2.05) is 0 Å². The minimum absolute atomic E-state index is 0.115. The summed E-state index contributed by atoms with van der Waals surface area (Å²) in [5.41, 5.74) is 0.115.